The molecule has 2 aliphatic heterocycles. The van der Waals surface area contributed by atoms with Crippen LogP contribution in [0, 0.1) is 5.92 Å². The summed E-state index contributed by atoms with van der Waals surface area (Å²) >= 11 is 0. The molecular weight excluding hydrogens is 508 g/mol. The van der Waals surface area contributed by atoms with Gasteiger partial charge in [0.25, 0.3) is 5.91 Å². The molecule has 0 radical (unpaired) electrons. The van der Waals surface area contributed by atoms with Crippen molar-refractivity contribution in [2.45, 2.75) is 19.1 Å². The lowest BCUT2D eigenvalue weighted by molar-refractivity contribution is -0.126. The molecular formula is C32H26N2O6. The van der Waals surface area contributed by atoms with E-state index in [1.54, 1.807) is 77.9 Å². The molecule has 0 spiro atoms. The van der Waals surface area contributed by atoms with Crippen LogP contribution in [0.4, 0.5) is 11.4 Å². The van der Waals surface area contributed by atoms with Gasteiger partial charge in [-0.15, -0.1) is 0 Å². The van der Waals surface area contributed by atoms with E-state index in [-0.39, 0.29) is 5.91 Å². The molecule has 2 fully saturated rings. The molecule has 2 amide bonds. The number of carbonyl (C=O) groups excluding carboxylic acids is 3. The van der Waals surface area contributed by atoms with Crippen molar-refractivity contribution < 1.29 is 28.7 Å². The molecule has 0 bridgehead atoms. The largest absolute Gasteiger partial charge is 0.492 e. The molecule has 0 saturated carbocycles. The second kappa shape index (κ2) is 10.7. The maximum atomic E-state index is 14.0. The monoisotopic (exact) mass is 534 g/mol. The Morgan fingerprint density at radius 2 is 1.45 bits per heavy atom. The highest BCUT2D eigenvalue weighted by Gasteiger charge is 2.60. The Morgan fingerprint density at radius 3 is 2.15 bits per heavy atom. The second-order valence-electron chi connectivity index (χ2n) is 9.40. The average Bonchev–Trinajstić information content (AvgIpc) is 3.50. The Bertz CT molecular complexity index is 1540. The molecule has 2 saturated heterocycles. The van der Waals surface area contributed by atoms with Crippen molar-refractivity contribution in [1.29, 1.82) is 0 Å². The first-order chi connectivity index (χ1) is 19.6. The first-order valence-electron chi connectivity index (χ1n) is 13.0. The number of rotatable bonds is 7. The van der Waals surface area contributed by atoms with Gasteiger partial charge in [0.15, 0.2) is 6.10 Å². The van der Waals surface area contributed by atoms with Gasteiger partial charge < -0.3 is 9.47 Å². The van der Waals surface area contributed by atoms with Gasteiger partial charge in [-0.25, -0.2) is 14.8 Å². The zero-order valence-electron chi connectivity index (χ0n) is 21.7. The lowest BCUT2D eigenvalue weighted by atomic mass is 9.90. The number of benzene rings is 4. The standard InChI is InChI=1S/C32H26N2O6/c1-2-38-26-16-10-9-15-25(26)33-30(35)27-28(34(40-29(27)31(33)36)23-13-7-4-8-14-23)21-17-19-24(20-18-21)39-32(37)22-11-5-3-6-12-22/h3-20,27-29H,2H2,1H3/t27-,28+,29+/m1/s1. The Kier molecular flexibility index (Phi) is 6.76. The number of para-hydroxylation sites is 3. The molecule has 0 unspecified atom stereocenters. The summed E-state index contributed by atoms with van der Waals surface area (Å²) in [5.41, 5.74) is 2.28. The highest BCUT2D eigenvalue weighted by molar-refractivity contribution is 6.24. The van der Waals surface area contributed by atoms with Gasteiger partial charge in [-0.2, -0.15) is 0 Å². The topological polar surface area (TPSA) is 85.4 Å². The predicted octanol–water partition coefficient (Wildman–Crippen LogP) is 5.36. The van der Waals surface area contributed by atoms with Gasteiger partial charge in [-0.05, 0) is 61.0 Å². The van der Waals surface area contributed by atoms with E-state index in [1.807, 2.05) is 43.3 Å². The van der Waals surface area contributed by atoms with Crippen LogP contribution in [0.5, 0.6) is 11.5 Å². The normalized spacial score (nSPS) is 20.0. The summed E-state index contributed by atoms with van der Waals surface area (Å²) in [7, 11) is 0. The van der Waals surface area contributed by atoms with Crippen molar-refractivity contribution >= 4 is 29.2 Å². The van der Waals surface area contributed by atoms with Gasteiger partial charge in [0.05, 0.1) is 29.6 Å². The number of carbonyl (C=O) groups is 3. The number of hydrogen-bond donors (Lipinski definition) is 0. The molecule has 0 aromatic heterocycles. The molecule has 40 heavy (non-hydrogen) atoms. The number of fused-ring (bicyclic) bond motifs is 1. The third kappa shape index (κ3) is 4.48. The third-order valence-electron chi connectivity index (χ3n) is 6.97. The maximum Gasteiger partial charge on any atom is 0.343 e. The minimum absolute atomic E-state index is 0.362. The molecule has 0 aliphatic carbocycles. The van der Waals surface area contributed by atoms with Crippen molar-refractivity contribution in [3.63, 3.8) is 0 Å². The van der Waals surface area contributed by atoms with Crippen LogP contribution in [-0.2, 0) is 14.4 Å². The Balaban J connectivity index is 1.34. The van der Waals surface area contributed by atoms with Crippen molar-refractivity contribution in [2.75, 3.05) is 16.6 Å². The van der Waals surface area contributed by atoms with E-state index in [0.29, 0.717) is 35.0 Å². The molecule has 4 aromatic carbocycles. The Labute approximate surface area is 231 Å². The van der Waals surface area contributed by atoms with Crippen LogP contribution in [-0.4, -0.2) is 30.5 Å². The highest BCUT2D eigenvalue weighted by atomic mass is 16.7. The lowest BCUT2D eigenvalue weighted by Gasteiger charge is -2.29. The van der Waals surface area contributed by atoms with Crippen molar-refractivity contribution in [3.8, 4) is 11.5 Å². The highest BCUT2D eigenvalue weighted by Crippen LogP contribution is 2.48. The van der Waals surface area contributed by atoms with E-state index in [9.17, 15) is 14.4 Å². The number of hydrogen-bond acceptors (Lipinski definition) is 7. The molecule has 4 aromatic rings. The summed E-state index contributed by atoms with van der Waals surface area (Å²) < 4.78 is 11.2. The zero-order chi connectivity index (χ0) is 27.6. The summed E-state index contributed by atoms with van der Waals surface area (Å²) in [5, 5.41) is 1.63. The van der Waals surface area contributed by atoms with E-state index in [2.05, 4.69) is 0 Å². The van der Waals surface area contributed by atoms with Gasteiger partial charge in [0.1, 0.15) is 17.4 Å². The fourth-order valence-electron chi connectivity index (χ4n) is 5.18. The minimum Gasteiger partial charge on any atom is -0.492 e. The summed E-state index contributed by atoms with van der Waals surface area (Å²) in [4.78, 5) is 47.5. The number of amides is 2. The van der Waals surface area contributed by atoms with Crippen molar-refractivity contribution in [3.05, 3.63) is 120 Å². The van der Waals surface area contributed by atoms with Gasteiger partial charge in [-0.3, -0.25) is 14.4 Å². The van der Waals surface area contributed by atoms with Crippen LogP contribution in [0.3, 0.4) is 0 Å². The number of hydroxylamine groups is 1. The summed E-state index contributed by atoms with van der Waals surface area (Å²) in [6, 6.07) is 31.4. The molecule has 6 rings (SSSR count). The quantitative estimate of drug-likeness (QED) is 0.179. The molecule has 2 heterocycles. The van der Waals surface area contributed by atoms with Gasteiger partial charge in [-0.1, -0.05) is 60.7 Å². The predicted molar refractivity (Wildman–Crippen MR) is 148 cm³/mol. The molecule has 200 valence electrons. The summed E-state index contributed by atoms with van der Waals surface area (Å²) in [5.74, 6) is -1.28. The Hall–Kier alpha value is -4.95. The van der Waals surface area contributed by atoms with E-state index < -0.39 is 29.9 Å². The summed E-state index contributed by atoms with van der Waals surface area (Å²) in [6.45, 7) is 2.24. The van der Waals surface area contributed by atoms with Crippen LogP contribution >= 0.6 is 0 Å². The van der Waals surface area contributed by atoms with Gasteiger partial charge in [0, 0.05) is 0 Å². The van der Waals surface area contributed by atoms with E-state index in [4.69, 9.17) is 14.3 Å². The third-order valence-corrected chi connectivity index (χ3v) is 6.97. The first-order valence-corrected chi connectivity index (χ1v) is 13.0. The Morgan fingerprint density at radius 1 is 0.800 bits per heavy atom. The van der Waals surface area contributed by atoms with Crippen molar-refractivity contribution in [2.24, 2.45) is 5.92 Å². The SMILES string of the molecule is CCOc1ccccc1N1C(=O)[C@H]2[C@H](ON(c3ccccc3)[C@H]2c2ccc(OC(=O)c3ccccc3)cc2)C1=O. The molecule has 3 atom stereocenters. The average molecular weight is 535 g/mol. The van der Waals surface area contributed by atoms with E-state index in [1.165, 1.54) is 4.90 Å². The second-order valence-corrected chi connectivity index (χ2v) is 9.40. The summed E-state index contributed by atoms with van der Waals surface area (Å²) in [6.07, 6.45) is -1.01. The number of anilines is 2. The van der Waals surface area contributed by atoms with Crippen LogP contribution in [0.15, 0.2) is 109 Å². The fourth-order valence-corrected chi connectivity index (χ4v) is 5.18. The van der Waals surface area contributed by atoms with Gasteiger partial charge in [0.2, 0.25) is 5.91 Å². The number of esters is 1. The smallest absolute Gasteiger partial charge is 0.343 e. The van der Waals surface area contributed by atoms with Crippen LogP contribution in [0.2, 0.25) is 0 Å². The molecule has 8 heteroatoms. The van der Waals surface area contributed by atoms with E-state index >= 15 is 0 Å². The fraction of sp³-hybridized carbons (Fsp3) is 0.156. The van der Waals surface area contributed by atoms with Crippen molar-refractivity contribution in [1.82, 2.24) is 0 Å². The minimum atomic E-state index is -1.01. The number of nitrogens with zero attached hydrogens (tertiary/aromatic N) is 2. The van der Waals surface area contributed by atoms with E-state index in [0.717, 1.165) is 5.56 Å². The number of imide groups is 1. The van der Waals surface area contributed by atoms with Crippen LogP contribution < -0.4 is 19.4 Å². The zero-order valence-corrected chi connectivity index (χ0v) is 21.7. The number of ether oxygens (including phenoxy) is 2. The lowest BCUT2D eigenvalue weighted by Crippen LogP contribution is -2.37. The maximum absolute atomic E-state index is 14.0. The molecule has 8 nitrogen and oxygen atoms in total. The molecule has 2 aliphatic rings. The van der Waals surface area contributed by atoms with Gasteiger partial charge >= 0.3 is 5.97 Å². The van der Waals surface area contributed by atoms with Crippen LogP contribution in [0.1, 0.15) is 28.9 Å². The van der Waals surface area contributed by atoms with Crippen LogP contribution in [0.25, 0.3) is 0 Å². The first kappa shape index (κ1) is 25.3. The molecule has 0 N–H and O–H groups in total.